The number of rotatable bonds is 9. The molecule has 0 aliphatic heterocycles. The van der Waals surface area contributed by atoms with Crippen molar-refractivity contribution in [3.8, 4) is 11.4 Å². The van der Waals surface area contributed by atoms with Crippen molar-refractivity contribution in [3.05, 3.63) is 71.6 Å². The molecular weight excluding hydrogens is 452 g/mol. The summed E-state index contributed by atoms with van der Waals surface area (Å²) >= 11 is 0. The molecule has 0 spiro atoms. The van der Waals surface area contributed by atoms with Crippen molar-refractivity contribution < 1.29 is 18.7 Å². The van der Waals surface area contributed by atoms with Crippen LogP contribution in [-0.2, 0) is 11.3 Å². The molecule has 2 aromatic carbocycles. The molecule has 0 bridgehead atoms. The molecule has 2 atom stereocenters. The minimum Gasteiger partial charge on any atom is -0.384 e. The summed E-state index contributed by atoms with van der Waals surface area (Å²) in [6.07, 6.45) is -0.716. The number of aliphatic hydroxyl groups excluding tert-OH is 1. The predicted molar refractivity (Wildman–Crippen MR) is 130 cm³/mol. The Labute approximate surface area is 204 Å². The quantitative estimate of drug-likeness (QED) is 0.479. The predicted octanol–water partition coefficient (Wildman–Crippen LogP) is 3.92. The van der Waals surface area contributed by atoms with E-state index in [9.17, 15) is 18.7 Å². The molecule has 0 saturated heterocycles. The monoisotopic (exact) mass is 485 g/mol. The first-order valence-corrected chi connectivity index (χ1v) is 11.7. The van der Waals surface area contributed by atoms with E-state index in [1.807, 2.05) is 51.1 Å². The molecule has 0 radical (unpaired) electrons. The third-order valence-corrected chi connectivity index (χ3v) is 5.66. The lowest BCUT2D eigenvalue weighted by Crippen LogP contribution is -2.47. The Hall–Kier alpha value is -3.17. The molecule has 9 heteroatoms. The molecule has 0 aliphatic rings. The summed E-state index contributed by atoms with van der Waals surface area (Å²) in [7, 11) is 0. The lowest BCUT2D eigenvalue weighted by atomic mass is 9.84. The van der Waals surface area contributed by atoms with E-state index < -0.39 is 35.1 Å². The van der Waals surface area contributed by atoms with Crippen LogP contribution in [0, 0.1) is 17.0 Å². The number of benzene rings is 2. The van der Waals surface area contributed by atoms with Gasteiger partial charge >= 0.3 is 0 Å². The van der Waals surface area contributed by atoms with Gasteiger partial charge in [0, 0.05) is 6.54 Å². The third-order valence-electron chi connectivity index (χ3n) is 5.66. The van der Waals surface area contributed by atoms with Crippen LogP contribution in [0.2, 0.25) is 0 Å². The normalized spacial score (nSPS) is 13.5. The molecule has 0 unspecified atom stereocenters. The topological polar surface area (TPSA) is 97.3 Å². The molecular formula is C26H33F2N5O2. The minimum absolute atomic E-state index is 0.0189. The van der Waals surface area contributed by atoms with Gasteiger partial charge in [0.15, 0.2) is 11.6 Å². The third kappa shape index (κ3) is 6.29. The van der Waals surface area contributed by atoms with Crippen LogP contribution in [0.3, 0.4) is 0 Å². The van der Waals surface area contributed by atoms with Gasteiger partial charge in [-0.25, -0.2) is 18.4 Å². The zero-order valence-corrected chi connectivity index (χ0v) is 20.6. The van der Waals surface area contributed by atoms with Gasteiger partial charge in [0.25, 0.3) is 5.91 Å². The smallest absolute Gasteiger partial charge is 0.251 e. The van der Waals surface area contributed by atoms with Crippen LogP contribution in [0.5, 0.6) is 0 Å². The molecule has 0 fully saturated rings. The number of hydrogen-bond acceptors (Lipinski definition) is 5. The van der Waals surface area contributed by atoms with Gasteiger partial charge in [0.05, 0.1) is 18.2 Å². The van der Waals surface area contributed by atoms with Crippen molar-refractivity contribution in [2.24, 2.45) is 11.1 Å². The second-order valence-electron chi connectivity index (χ2n) is 9.68. The highest BCUT2D eigenvalue weighted by Gasteiger charge is 2.39. The first-order chi connectivity index (χ1) is 16.5. The van der Waals surface area contributed by atoms with E-state index in [4.69, 9.17) is 5.73 Å². The van der Waals surface area contributed by atoms with E-state index in [2.05, 4.69) is 10.1 Å². The first-order valence-electron chi connectivity index (χ1n) is 11.7. The van der Waals surface area contributed by atoms with Crippen molar-refractivity contribution in [2.45, 2.75) is 52.8 Å². The maximum absolute atomic E-state index is 14.7. The fourth-order valence-corrected chi connectivity index (χ4v) is 4.07. The van der Waals surface area contributed by atoms with Crippen LogP contribution in [0.4, 0.5) is 8.78 Å². The van der Waals surface area contributed by atoms with Gasteiger partial charge in [-0.15, -0.1) is 0 Å². The number of hydrogen-bond donors (Lipinski definition) is 2. The summed E-state index contributed by atoms with van der Waals surface area (Å²) < 4.78 is 30.2. The zero-order valence-electron chi connectivity index (χ0n) is 20.6. The number of halogens is 2. The average molecular weight is 486 g/mol. The molecule has 1 amide bonds. The van der Waals surface area contributed by atoms with Gasteiger partial charge in [-0.3, -0.25) is 4.79 Å². The van der Waals surface area contributed by atoms with E-state index in [0.29, 0.717) is 31.9 Å². The van der Waals surface area contributed by atoms with Gasteiger partial charge in [0.1, 0.15) is 17.7 Å². The van der Waals surface area contributed by atoms with Crippen molar-refractivity contribution in [1.29, 1.82) is 0 Å². The molecule has 3 rings (SSSR count). The summed E-state index contributed by atoms with van der Waals surface area (Å²) in [4.78, 5) is 19.3. The molecule has 1 aromatic heterocycles. The van der Waals surface area contributed by atoms with Gasteiger partial charge in [-0.1, -0.05) is 51.1 Å². The van der Waals surface area contributed by atoms with Crippen molar-refractivity contribution in [1.82, 2.24) is 19.7 Å². The fourth-order valence-electron chi connectivity index (χ4n) is 4.07. The summed E-state index contributed by atoms with van der Waals surface area (Å²) in [6, 6.07) is 12.0. The Morgan fingerprint density at radius 3 is 2.46 bits per heavy atom. The van der Waals surface area contributed by atoms with E-state index in [1.165, 1.54) is 6.92 Å². The Morgan fingerprint density at radius 1 is 1.17 bits per heavy atom. The van der Waals surface area contributed by atoms with E-state index in [-0.39, 0.29) is 11.4 Å². The number of nitrogens with two attached hydrogens (primary N) is 1. The molecule has 188 valence electrons. The minimum atomic E-state index is -1.23. The summed E-state index contributed by atoms with van der Waals surface area (Å²) in [5, 5.41) is 14.7. The molecule has 0 aliphatic carbocycles. The average Bonchev–Trinajstić information content (AvgIpc) is 3.19. The van der Waals surface area contributed by atoms with E-state index >= 15 is 0 Å². The molecule has 1 heterocycles. The van der Waals surface area contributed by atoms with Crippen LogP contribution in [0.15, 0.2) is 48.5 Å². The number of amides is 1. The van der Waals surface area contributed by atoms with Crippen LogP contribution in [-0.4, -0.2) is 49.9 Å². The van der Waals surface area contributed by atoms with Crippen molar-refractivity contribution in [2.75, 3.05) is 13.1 Å². The van der Waals surface area contributed by atoms with Crippen LogP contribution in [0.1, 0.15) is 51.5 Å². The maximum Gasteiger partial charge on any atom is 0.251 e. The van der Waals surface area contributed by atoms with Crippen LogP contribution in [0.25, 0.3) is 11.4 Å². The number of aromatic nitrogens is 3. The second kappa shape index (κ2) is 11.0. The van der Waals surface area contributed by atoms with Gasteiger partial charge in [-0.05, 0) is 49.1 Å². The highest BCUT2D eigenvalue weighted by atomic mass is 19.1. The number of aliphatic hydroxyl groups is 1. The first kappa shape index (κ1) is 26.4. The van der Waals surface area contributed by atoms with Crippen molar-refractivity contribution >= 4 is 5.91 Å². The maximum atomic E-state index is 14.7. The highest BCUT2D eigenvalue weighted by molar-refractivity contribution is 5.80. The molecule has 3 N–H and O–H groups in total. The summed E-state index contributed by atoms with van der Waals surface area (Å²) in [5.41, 5.74) is 6.05. The van der Waals surface area contributed by atoms with Crippen LogP contribution < -0.4 is 5.73 Å². The Bertz CT molecular complexity index is 1140. The number of carbonyl (C=O) groups excluding carboxylic acids is 1. The van der Waals surface area contributed by atoms with E-state index in [1.54, 1.807) is 9.58 Å². The Morgan fingerprint density at radius 2 is 1.86 bits per heavy atom. The lowest BCUT2D eigenvalue weighted by molar-refractivity contribution is -0.145. The largest absolute Gasteiger partial charge is 0.384 e. The fraction of sp³-hybridized carbons (Fsp3) is 0.423. The number of nitrogens with zero attached hydrogens (tertiary/aromatic N) is 4. The Balaban J connectivity index is 2.22. The van der Waals surface area contributed by atoms with Gasteiger partial charge in [-0.2, -0.15) is 5.10 Å². The molecule has 0 saturated carbocycles. The second-order valence-corrected chi connectivity index (χ2v) is 9.68. The van der Waals surface area contributed by atoms with E-state index in [0.717, 1.165) is 23.8 Å². The zero-order chi connectivity index (χ0) is 25.8. The Kier molecular flexibility index (Phi) is 8.34. The molecule has 7 nitrogen and oxygen atoms in total. The molecule has 3 aromatic rings. The highest BCUT2D eigenvalue weighted by Crippen LogP contribution is 2.39. The van der Waals surface area contributed by atoms with Gasteiger partial charge < -0.3 is 15.7 Å². The SMILES string of the molecule is C[C@H](O)C(=O)N(CCCN)[C@@H](c1nc(-c2cc(F)ccc2F)nn1Cc1ccccc1)C(C)(C)C. The molecule has 35 heavy (non-hydrogen) atoms. The number of carbonyl (C=O) groups is 1. The summed E-state index contributed by atoms with van der Waals surface area (Å²) in [6.45, 7) is 8.23. The van der Waals surface area contributed by atoms with Gasteiger partial charge in [0.2, 0.25) is 0 Å². The summed E-state index contributed by atoms with van der Waals surface area (Å²) in [5.74, 6) is -1.30. The van der Waals surface area contributed by atoms with Crippen LogP contribution >= 0.6 is 0 Å². The standard InChI is InChI=1S/C26H33F2N5O2/c1-17(34)25(35)32(14-8-13-29)22(26(2,3)4)24-30-23(20-15-19(27)11-12-21(20)28)31-33(24)16-18-9-6-5-7-10-18/h5-7,9-12,15,17,22,34H,8,13-14,16,29H2,1-4H3/t17-,22-/m0/s1. The lowest BCUT2D eigenvalue weighted by Gasteiger charge is -2.40. The van der Waals surface area contributed by atoms with Crippen molar-refractivity contribution in [3.63, 3.8) is 0 Å².